The van der Waals surface area contributed by atoms with Crippen LogP contribution >= 0.6 is 35.3 Å². The van der Waals surface area contributed by atoms with Gasteiger partial charge in [-0.3, -0.25) is 9.89 Å². The zero-order chi connectivity index (χ0) is 17.3. The fourth-order valence-corrected chi connectivity index (χ4v) is 3.79. The number of piperidine rings is 1. The maximum Gasteiger partial charge on any atom is 0.191 e. The molecule has 1 saturated heterocycles. The smallest absolute Gasteiger partial charge is 0.191 e. The van der Waals surface area contributed by atoms with E-state index in [9.17, 15) is 0 Å². The first kappa shape index (κ1) is 21.2. The van der Waals surface area contributed by atoms with Gasteiger partial charge in [-0.05, 0) is 59.4 Å². The van der Waals surface area contributed by atoms with Crippen molar-refractivity contribution in [2.45, 2.75) is 38.9 Å². The predicted octanol–water partition coefficient (Wildman–Crippen LogP) is 4.22. The van der Waals surface area contributed by atoms with Crippen LogP contribution in [-0.2, 0) is 19.6 Å². The van der Waals surface area contributed by atoms with Crippen molar-refractivity contribution in [1.29, 1.82) is 0 Å². The van der Waals surface area contributed by atoms with Crippen molar-refractivity contribution in [1.82, 2.24) is 15.5 Å². The summed E-state index contributed by atoms with van der Waals surface area (Å²) in [6.45, 7) is 5.16. The fourth-order valence-electron chi connectivity index (χ4n) is 3.12. The molecule has 2 heterocycles. The number of nitrogens with one attached hydrogen (secondary N) is 2. The summed E-state index contributed by atoms with van der Waals surface area (Å²) < 4.78 is 0. The lowest BCUT2D eigenvalue weighted by Gasteiger charge is -2.26. The molecule has 0 atom stereocenters. The van der Waals surface area contributed by atoms with E-state index < -0.39 is 0 Å². The van der Waals surface area contributed by atoms with Crippen LogP contribution in [0.4, 0.5) is 0 Å². The normalized spacial score (nSPS) is 15.3. The largest absolute Gasteiger partial charge is 0.352 e. The van der Waals surface area contributed by atoms with Gasteiger partial charge in [0.05, 0.1) is 0 Å². The number of halogens is 1. The molecule has 0 amide bonds. The molecule has 142 valence electrons. The Labute approximate surface area is 178 Å². The van der Waals surface area contributed by atoms with E-state index in [1.165, 1.54) is 49.0 Å². The van der Waals surface area contributed by atoms with E-state index in [4.69, 9.17) is 0 Å². The van der Waals surface area contributed by atoms with E-state index in [0.29, 0.717) is 0 Å². The Bertz CT molecular complexity index is 649. The molecule has 1 aromatic heterocycles. The van der Waals surface area contributed by atoms with E-state index >= 15 is 0 Å². The Morgan fingerprint density at radius 3 is 2.23 bits per heavy atom. The van der Waals surface area contributed by atoms with Crippen molar-refractivity contribution >= 4 is 41.3 Å². The molecular formula is C20H29IN4S. The topological polar surface area (TPSA) is 39.7 Å². The molecule has 0 bridgehead atoms. The second kappa shape index (κ2) is 11.6. The van der Waals surface area contributed by atoms with Gasteiger partial charge in [0, 0.05) is 26.7 Å². The first-order valence-electron chi connectivity index (χ1n) is 9.09. The standard InChI is InChI=1S/C20H28N4S.HI/c1-21-20(23-14-19-9-12-25-16-19)22-13-17-5-7-18(8-6-17)15-24-10-3-2-4-11-24;/h5-9,12,16H,2-4,10-11,13-15H2,1H3,(H2,21,22,23);1H. The lowest BCUT2D eigenvalue weighted by atomic mass is 10.1. The Hall–Kier alpha value is -1.12. The van der Waals surface area contributed by atoms with E-state index in [0.717, 1.165) is 25.6 Å². The summed E-state index contributed by atoms with van der Waals surface area (Å²) in [5.41, 5.74) is 3.97. The zero-order valence-corrected chi connectivity index (χ0v) is 18.6. The van der Waals surface area contributed by atoms with Gasteiger partial charge in [0.2, 0.25) is 0 Å². The number of hydrogen-bond donors (Lipinski definition) is 2. The van der Waals surface area contributed by atoms with E-state index in [-0.39, 0.29) is 24.0 Å². The number of thiophene rings is 1. The van der Waals surface area contributed by atoms with Crippen molar-refractivity contribution in [2.75, 3.05) is 20.1 Å². The van der Waals surface area contributed by atoms with Crippen LogP contribution in [0.25, 0.3) is 0 Å². The summed E-state index contributed by atoms with van der Waals surface area (Å²) >= 11 is 1.72. The quantitative estimate of drug-likeness (QED) is 0.367. The van der Waals surface area contributed by atoms with E-state index in [1.807, 2.05) is 7.05 Å². The highest BCUT2D eigenvalue weighted by atomic mass is 127. The number of likely N-dealkylation sites (tertiary alicyclic amines) is 1. The Morgan fingerprint density at radius 1 is 0.962 bits per heavy atom. The van der Waals surface area contributed by atoms with Gasteiger partial charge in [-0.25, -0.2) is 0 Å². The monoisotopic (exact) mass is 484 g/mol. The minimum atomic E-state index is 0. The fraction of sp³-hybridized carbons (Fsp3) is 0.450. The molecule has 3 rings (SSSR count). The predicted molar refractivity (Wildman–Crippen MR) is 122 cm³/mol. The van der Waals surface area contributed by atoms with Crippen molar-refractivity contribution in [3.63, 3.8) is 0 Å². The second-order valence-corrected chi connectivity index (χ2v) is 7.34. The molecular weight excluding hydrogens is 455 g/mol. The van der Waals surface area contributed by atoms with Gasteiger partial charge in [0.1, 0.15) is 0 Å². The molecule has 1 aliphatic heterocycles. The van der Waals surface area contributed by atoms with Gasteiger partial charge in [-0.2, -0.15) is 11.3 Å². The molecule has 1 aliphatic rings. The third-order valence-corrected chi connectivity index (χ3v) is 5.33. The van der Waals surface area contributed by atoms with E-state index in [2.05, 4.69) is 61.6 Å². The Morgan fingerprint density at radius 2 is 1.62 bits per heavy atom. The molecule has 26 heavy (non-hydrogen) atoms. The maximum atomic E-state index is 4.29. The number of benzene rings is 1. The molecule has 0 unspecified atom stereocenters. The van der Waals surface area contributed by atoms with Crippen LogP contribution in [-0.4, -0.2) is 31.0 Å². The molecule has 4 nitrogen and oxygen atoms in total. The summed E-state index contributed by atoms with van der Waals surface area (Å²) in [6, 6.07) is 11.1. The van der Waals surface area contributed by atoms with Gasteiger partial charge < -0.3 is 10.6 Å². The average Bonchev–Trinajstić information content (AvgIpc) is 3.18. The van der Waals surface area contributed by atoms with Gasteiger partial charge in [-0.1, -0.05) is 30.7 Å². The average molecular weight is 484 g/mol. The molecule has 0 spiro atoms. The van der Waals surface area contributed by atoms with Crippen LogP contribution in [0.5, 0.6) is 0 Å². The van der Waals surface area contributed by atoms with Crippen molar-refractivity contribution in [3.8, 4) is 0 Å². The maximum absolute atomic E-state index is 4.29. The van der Waals surface area contributed by atoms with Crippen LogP contribution in [0.15, 0.2) is 46.1 Å². The third-order valence-electron chi connectivity index (χ3n) is 4.60. The minimum Gasteiger partial charge on any atom is -0.352 e. The highest BCUT2D eigenvalue weighted by molar-refractivity contribution is 14.0. The summed E-state index contributed by atoms with van der Waals surface area (Å²) in [6.07, 6.45) is 4.09. The number of aliphatic imine (C=N–C) groups is 1. The summed E-state index contributed by atoms with van der Waals surface area (Å²) in [5, 5.41) is 11.0. The second-order valence-electron chi connectivity index (χ2n) is 6.56. The van der Waals surface area contributed by atoms with Gasteiger partial charge >= 0.3 is 0 Å². The minimum absolute atomic E-state index is 0. The van der Waals surface area contributed by atoms with Crippen LogP contribution < -0.4 is 10.6 Å². The molecule has 2 N–H and O–H groups in total. The molecule has 0 radical (unpaired) electrons. The Kier molecular flexibility index (Phi) is 9.42. The van der Waals surface area contributed by atoms with Gasteiger partial charge in [0.15, 0.2) is 5.96 Å². The third kappa shape index (κ3) is 6.89. The first-order chi connectivity index (χ1) is 12.3. The van der Waals surface area contributed by atoms with Crippen molar-refractivity contribution < 1.29 is 0 Å². The van der Waals surface area contributed by atoms with Crippen molar-refractivity contribution in [2.24, 2.45) is 4.99 Å². The lowest BCUT2D eigenvalue weighted by molar-refractivity contribution is 0.221. The SMILES string of the molecule is CN=C(NCc1ccc(CN2CCCCC2)cc1)NCc1ccsc1.I. The highest BCUT2D eigenvalue weighted by Gasteiger charge is 2.10. The highest BCUT2D eigenvalue weighted by Crippen LogP contribution is 2.13. The lowest BCUT2D eigenvalue weighted by Crippen LogP contribution is -2.36. The van der Waals surface area contributed by atoms with Gasteiger partial charge in [-0.15, -0.1) is 24.0 Å². The first-order valence-corrected chi connectivity index (χ1v) is 10.0. The summed E-state index contributed by atoms with van der Waals surface area (Å²) in [7, 11) is 1.81. The molecule has 1 fully saturated rings. The van der Waals surface area contributed by atoms with Crippen LogP contribution in [0, 0.1) is 0 Å². The van der Waals surface area contributed by atoms with Crippen LogP contribution in [0.3, 0.4) is 0 Å². The van der Waals surface area contributed by atoms with Crippen molar-refractivity contribution in [3.05, 3.63) is 57.8 Å². The van der Waals surface area contributed by atoms with Crippen LogP contribution in [0.2, 0.25) is 0 Å². The zero-order valence-electron chi connectivity index (χ0n) is 15.4. The number of nitrogens with zero attached hydrogens (tertiary/aromatic N) is 2. The number of hydrogen-bond acceptors (Lipinski definition) is 3. The summed E-state index contributed by atoms with van der Waals surface area (Å²) in [5.74, 6) is 0.837. The summed E-state index contributed by atoms with van der Waals surface area (Å²) in [4.78, 5) is 6.85. The molecule has 0 aliphatic carbocycles. The Balaban J connectivity index is 0.00000243. The van der Waals surface area contributed by atoms with Crippen LogP contribution in [0.1, 0.15) is 36.0 Å². The molecule has 6 heteroatoms. The molecule has 0 saturated carbocycles. The number of rotatable bonds is 6. The van der Waals surface area contributed by atoms with Gasteiger partial charge in [0.25, 0.3) is 0 Å². The van der Waals surface area contributed by atoms with E-state index in [1.54, 1.807) is 11.3 Å². The molecule has 1 aromatic carbocycles. The number of guanidine groups is 1. The molecule has 2 aromatic rings.